The second-order valence-corrected chi connectivity index (χ2v) is 7.60. The highest BCUT2D eigenvalue weighted by molar-refractivity contribution is 6.31. The van der Waals surface area contributed by atoms with Gasteiger partial charge in [0.1, 0.15) is 11.4 Å². The molecule has 1 atom stereocenters. The van der Waals surface area contributed by atoms with E-state index in [2.05, 4.69) is 4.98 Å². The molecule has 0 saturated carbocycles. The number of carbonyl (C=O) groups is 2. The maximum atomic E-state index is 13.7. The van der Waals surface area contributed by atoms with E-state index < -0.39 is 29.3 Å². The maximum absolute atomic E-state index is 13.7. The zero-order valence-electron chi connectivity index (χ0n) is 16.3. The van der Waals surface area contributed by atoms with E-state index in [0.29, 0.717) is 16.5 Å². The highest BCUT2D eigenvalue weighted by atomic mass is 35.5. The zero-order chi connectivity index (χ0) is 22.4. The minimum Gasteiger partial charge on any atom is -0.503 e. The summed E-state index contributed by atoms with van der Waals surface area (Å²) in [5.74, 6) is -2.83. The Balaban J connectivity index is 1.66. The number of aliphatic hydroxyl groups is 1. The van der Waals surface area contributed by atoms with Gasteiger partial charge in [-0.1, -0.05) is 29.8 Å². The van der Waals surface area contributed by atoms with Crippen LogP contribution in [0.5, 0.6) is 0 Å². The van der Waals surface area contributed by atoms with E-state index in [0.717, 1.165) is 6.07 Å². The number of halogens is 2. The lowest BCUT2D eigenvalue weighted by Gasteiger charge is -2.26. The van der Waals surface area contributed by atoms with E-state index in [9.17, 15) is 19.1 Å². The van der Waals surface area contributed by atoms with Gasteiger partial charge in [-0.15, -0.1) is 0 Å². The number of rotatable bonds is 4. The summed E-state index contributed by atoms with van der Waals surface area (Å²) < 4.78 is 19.4. The summed E-state index contributed by atoms with van der Waals surface area (Å²) in [6.45, 7) is 0. The normalized spacial score (nSPS) is 16.2. The van der Waals surface area contributed by atoms with Crippen LogP contribution in [0.1, 0.15) is 22.2 Å². The third-order valence-electron chi connectivity index (χ3n) is 5.31. The molecule has 0 radical (unpaired) electrons. The fourth-order valence-corrected chi connectivity index (χ4v) is 4.00. The maximum Gasteiger partial charge on any atom is 0.294 e. The number of nitrogens with zero attached hydrogens (tertiary/aromatic N) is 2. The van der Waals surface area contributed by atoms with Gasteiger partial charge in [-0.2, -0.15) is 0 Å². The summed E-state index contributed by atoms with van der Waals surface area (Å²) in [5, 5.41) is 11.3. The van der Waals surface area contributed by atoms with Gasteiger partial charge in [-0.25, -0.2) is 4.39 Å². The Labute approximate surface area is 186 Å². The van der Waals surface area contributed by atoms with Gasteiger partial charge in [0, 0.05) is 23.5 Å². The van der Waals surface area contributed by atoms with E-state index in [1.54, 1.807) is 36.4 Å². The molecular weight excluding hydrogens is 435 g/mol. The van der Waals surface area contributed by atoms with Crippen molar-refractivity contribution in [1.82, 2.24) is 4.98 Å². The predicted octanol–water partition coefficient (Wildman–Crippen LogP) is 5.40. The number of anilines is 1. The van der Waals surface area contributed by atoms with E-state index in [1.807, 2.05) is 6.07 Å². The Hall–Kier alpha value is -3.97. The van der Waals surface area contributed by atoms with Crippen LogP contribution in [-0.4, -0.2) is 21.8 Å². The Bertz CT molecular complexity index is 1380. The average molecular weight is 449 g/mol. The first-order valence-electron chi connectivity index (χ1n) is 9.60. The lowest BCUT2D eigenvalue weighted by molar-refractivity contribution is -0.117. The zero-order valence-corrected chi connectivity index (χ0v) is 17.1. The molecule has 2 aromatic carbocycles. The van der Waals surface area contributed by atoms with Gasteiger partial charge in [0.05, 0.1) is 16.6 Å². The van der Waals surface area contributed by atoms with Crippen molar-refractivity contribution in [2.75, 3.05) is 4.90 Å². The number of para-hydroxylation sites is 1. The molecule has 0 aliphatic carbocycles. The number of amides is 1. The number of carbonyl (C=O) groups excluding carboxylic acids is 2. The molecule has 0 saturated heterocycles. The number of aromatic nitrogens is 1. The Morgan fingerprint density at radius 3 is 2.56 bits per heavy atom. The van der Waals surface area contributed by atoms with Gasteiger partial charge in [-0.05, 0) is 48.0 Å². The second kappa shape index (κ2) is 7.62. The lowest BCUT2D eigenvalue weighted by Crippen LogP contribution is -2.31. The molecule has 1 aliphatic rings. The summed E-state index contributed by atoms with van der Waals surface area (Å²) in [7, 11) is 0. The van der Waals surface area contributed by atoms with Crippen molar-refractivity contribution >= 4 is 39.9 Å². The number of Topliss-reactive ketones (excluding diaryl/α,β-unsaturated/α-hetero) is 1. The van der Waals surface area contributed by atoms with Gasteiger partial charge >= 0.3 is 0 Å². The summed E-state index contributed by atoms with van der Waals surface area (Å²) in [4.78, 5) is 31.7. The van der Waals surface area contributed by atoms with Crippen LogP contribution in [0.4, 0.5) is 10.1 Å². The number of pyridine rings is 1. The van der Waals surface area contributed by atoms with Crippen molar-refractivity contribution in [1.29, 1.82) is 0 Å². The topological polar surface area (TPSA) is 83.6 Å². The van der Waals surface area contributed by atoms with Gasteiger partial charge in [0.2, 0.25) is 5.78 Å². The fraction of sp³-hybridized carbons (Fsp3) is 0.0417. The number of hydrogen-bond acceptors (Lipinski definition) is 5. The van der Waals surface area contributed by atoms with Gasteiger partial charge in [0.15, 0.2) is 11.5 Å². The third kappa shape index (κ3) is 3.14. The molecule has 1 amide bonds. The molecule has 4 aromatic rings. The first-order valence-corrected chi connectivity index (χ1v) is 9.98. The van der Waals surface area contributed by atoms with E-state index in [-0.39, 0.29) is 22.0 Å². The average Bonchev–Trinajstić information content (AvgIpc) is 3.35. The molecule has 5 rings (SSSR count). The summed E-state index contributed by atoms with van der Waals surface area (Å²) in [6, 6.07) is 14.6. The van der Waals surface area contributed by atoms with E-state index in [4.69, 9.17) is 16.0 Å². The van der Waals surface area contributed by atoms with Crippen LogP contribution in [-0.2, 0) is 4.79 Å². The number of hydrogen-bond donors (Lipinski definition) is 1. The SMILES string of the molecule is O=C(C1=C(O)C(=O)N(c2ccc(F)c(Cl)c2)C1c1ccncc1)c1cc2ccccc2o1. The monoisotopic (exact) mass is 448 g/mol. The van der Waals surface area contributed by atoms with Crippen LogP contribution in [0.15, 0.2) is 88.8 Å². The highest BCUT2D eigenvalue weighted by Gasteiger charge is 2.45. The van der Waals surface area contributed by atoms with Gasteiger partial charge < -0.3 is 9.52 Å². The summed E-state index contributed by atoms with van der Waals surface area (Å²) in [6.07, 6.45) is 3.02. The Kier molecular flexibility index (Phi) is 4.75. The van der Waals surface area contributed by atoms with Crippen LogP contribution in [0, 0.1) is 5.82 Å². The third-order valence-corrected chi connectivity index (χ3v) is 5.59. The molecule has 0 spiro atoms. The number of aliphatic hydroxyl groups excluding tert-OH is 1. The van der Waals surface area contributed by atoms with Crippen molar-refractivity contribution in [3.05, 3.63) is 107 Å². The first kappa shape index (κ1) is 20.0. The number of benzene rings is 2. The minimum absolute atomic E-state index is 0.0152. The largest absolute Gasteiger partial charge is 0.503 e. The lowest BCUT2D eigenvalue weighted by atomic mass is 9.95. The molecular formula is C24H14ClFN2O4. The van der Waals surface area contributed by atoms with Crippen LogP contribution in [0.2, 0.25) is 5.02 Å². The molecule has 2 aromatic heterocycles. The van der Waals surface area contributed by atoms with Crippen molar-refractivity contribution in [2.24, 2.45) is 0 Å². The summed E-state index contributed by atoms with van der Waals surface area (Å²) in [5.41, 5.74) is 1.10. The molecule has 6 nitrogen and oxygen atoms in total. The molecule has 1 unspecified atom stereocenters. The molecule has 32 heavy (non-hydrogen) atoms. The smallest absolute Gasteiger partial charge is 0.294 e. The Morgan fingerprint density at radius 2 is 1.84 bits per heavy atom. The standard InChI is InChI=1S/C24H14ClFN2O4/c25-16-12-15(5-6-17(16)26)28-21(13-7-9-27-10-8-13)20(23(30)24(28)31)22(29)19-11-14-3-1-2-4-18(14)32-19/h1-12,21,30H. The minimum atomic E-state index is -0.993. The number of fused-ring (bicyclic) bond motifs is 1. The van der Waals surface area contributed by atoms with Gasteiger partial charge in [-0.3, -0.25) is 19.5 Å². The van der Waals surface area contributed by atoms with Crippen LogP contribution < -0.4 is 4.90 Å². The molecule has 1 aliphatic heterocycles. The quantitative estimate of drug-likeness (QED) is 0.422. The van der Waals surface area contributed by atoms with E-state index >= 15 is 0 Å². The number of ketones is 1. The van der Waals surface area contributed by atoms with Crippen molar-refractivity contribution < 1.29 is 23.5 Å². The van der Waals surface area contributed by atoms with Crippen molar-refractivity contribution in [3.63, 3.8) is 0 Å². The molecule has 0 bridgehead atoms. The molecule has 3 heterocycles. The highest BCUT2D eigenvalue weighted by Crippen LogP contribution is 2.42. The van der Waals surface area contributed by atoms with Crippen LogP contribution in [0.3, 0.4) is 0 Å². The Morgan fingerprint density at radius 1 is 1.09 bits per heavy atom. The van der Waals surface area contributed by atoms with Crippen molar-refractivity contribution in [3.8, 4) is 0 Å². The molecule has 8 heteroatoms. The number of furan rings is 1. The van der Waals surface area contributed by atoms with Crippen molar-refractivity contribution in [2.45, 2.75) is 6.04 Å². The van der Waals surface area contributed by atoms with Crippen LogP contribution in [0.25, 0.3) is 11.0 Å². The molecule has 1 N–H and O–H groups in total. The molecule has 158 valence electrons. The summed E-state index contributed by atoms with van der Waals surface area (Å²) >= 11 is 5.93. The van der Waals surface area contributed by atoms with Crippen LogP contribution >= 0.6 is 11.6 Å². The molecule has 0 fully saturated rings. The first-order chi connectivity index (χ1) is 15.5. The predicted molar refractivity (Wildman–Crippen MR) is 116 cm³/mol. The second-order valence-electron chi connectivity index (χ2n) is 7.20. The van der Waals surface area contributed by atoms with Gasteiger partial charge in [0.25, 0.3) is 5.91 Å². The van der Waals surface area contributed by atoms with E-state index in [1.165, 1.54) is 29.4 Å². The fourth-order valence-electron chi connectivity index (χ4n) is 3.83.